The van der Waals surface area contributed by atoms with E-state index in [0.717, 1.165) is 19.3 Å². The Balaban J connectivity index is 1.81. The van der Waals surface area contributed by atoms with Gasteiger partial charge >= 0.3 is 0 Å². The van der Waals surface area contributed by atoms with E-state index in [1.807, 2.05) is 0 Å². The number of H-pyrrole nitrogens is 1. The van der Waals surface area contributed by atoms with E-state index in [1.165, 1.54) is 0 Å². The van der Waals surface area contributed by atoms with Gasteiger partial charge in [0, 0.05) is 20.1 Å². The van der Waals surface area contributed by atoms with Gasteiger partial charge in [0.1, 0.15) is 16.8 Å². The van der Waals surface area contributed by atoms with Crippen LogP contribution in [0, 0.1) is 0 Å². The van der Waals surface area contributed by atoms with Gasteiger partial charge in [0.25, 0.3) is 5.91 Å². The molecule has 1 aliphatic rings. The average molecular weight is 355 g/mol. The molecular weight excluding hydrogens is 336 g/mol. The SMILES string of the molecule is COCCc1noc([C@H]2CCCCN2C(=O)c2[nH]nc(N)c2Cl)n1. The average Bonchev–Trinajstić information content (AvgIpc) is 3.20. The molecule has 0 aromatic carbocycles. The van der Waals surface area contributed by atoms with E-state index in [2.05, 4.69) is 20.3 Å². The van der Waals surface area contributed by atoms with E-state index in [-0.39, 0.29) is 28.5 Å². The molecule has 3 heterocycles. The number of aromatic nitrogens is 4. The van der Waals surface area contributed by atoms with Gasteiger partial charge in [0.2, 0.25) is 5.89 Å². The number of carbonyl (C=O) groups excluding carboxylic acids is 1. The van der Waals surface area contributed by atoms with Crippen LogP contribution in [0.4, 0.5) is 5.82 Å². The number of hydrogen-bond acceptors (Lipinski definition) is 7. The second-order valence-electron chi connectivity index (χ2n) is 5.60. The number of nitrogens with two attached hydrogens (primary N) is 1. The Kier molecular flexibility index (Phi) is 5.00. The van der Waals surface area contributed by atoms with Gasteiger partial charge in [-0.25, -0.2) is 0 Å². The Morgan fingerprint density at radius 3 is 3.08 bits per heavy atom. The topological polar surface area (TPSA) is 123 Å². The van der Waals surface area contributed by atoms with Crippen LogP contribution in [0.2, 0.25) is 5.02 Å². The van der Waals surface area contributed by atoms with Gasteiger partial charge in [-0.3, -0.25) is 9.89 Å². The molecule has 2 aromatic rings. The summed E-state index contributed by atoms with van der Waals surface area (Å²) in [5.41, 5.74) is 5.79. The first-order chi connectivity index (χ1) is 11.6. The minimum atomic E-state index is -0.282. The molecule has 0 unspecified atom stereocenters. The number of halogens is 1. The minimum absolute atomic E-state index is 0.105. The lowest BCUT2D eigenvalue weighted by Gasteiger charge is -2.33. The molecule has 0 saturated carbocycles. The summed E-state index contributed by atoms with van der Waals surface area (Å²) in [5.74, 6) is 0.824. The maximum absolute atomic E-state index is 12.8. The zero-order chi connectivity index (χ0) is 17.1. The fourth-order valence-electron chi connectivity index (χ4n) is 2.76. The van der Waals surface area contributed by atoms with Crippen LogP contribution in [0.15, 0.2) is 4.52 Å². The Hall–Kier alpha value is -2.13. The maximum atomic E-state index is 12.8. The molecule has 1 aliphatic heterocycles. The van der Waals surface area contributed by atoms with E-state index in [9.17, 15) is 4.79 Å². The molecule has 0 bridgehead atoms. The van der Waals surface area contributed by atoms with Crippen LogP contribution in [0.5, 0.6) is 0 Å². The van der Waals surface area contributed by atoms with Gasteiger partial charge in [0.15, 0.2) is 11.6 Å². The highest BCUT2D eigenvalue weighted by Crippen LogP contribution is 2.32. The van der Waals surface area contributed by atoms with Crippen LogP contribution in [0.3, 0.4) is 0 Å². The lowest BCUT2D eigenvalue weighted by Crippen LogP contribution is -2.39. The third-order valence-electron chi connectivity index (χ3n) is 4.01. The van der Waals surface area contributed by atoms with Crippen molar-refractivity contribution in [1.82, 2.24) is 25.2 Å². The summed E-state index contributed by atoms with van der Waals surface area (Å²) in [7, 11) is 1.61. The van der Waals surface area contributed by atoms with Crippen molar-refractivity contribution in [2.75, 3.05) is 26.0 Å². The van der Waals surface area contributed by atoms with Crippen molar-refractivity contribution in [3.63, 3.8) is 0 Å². The molecule has 3 rings (SSSR count). The van der Waals surface area contributed by atoms with E-state index in [0.29, 0.717) is 31.3 Å². The predicted molar refractivity (Wildman–Crippen MR) is 85.5 cm³/mol. The Bertz CT molecular complexity index is 715. The minimum Gasteiger partial charge on any atom is -0.384 e. The molecule has 1 fully saturated rings. The molecule has 24 heavy (non-hydrogen) atoms. The van der Waals surface area contributed by atoms with Gasteiger partial charge in [-0.05, 0) is 19.3 Å². The molecule has 10 heteroatoms. The van der Waals surface area contributed by atoms with E-state index in [1.54, 1.807) is 12.0 Å². The highest BCUT2D eigenvalue weighted by molar-refractivity contribution is 6.35. The molecule has 1 saturated heterocycles. The van der Waals surface area contributed by atoms with Crippen LogP contribution >= 0.6 is 11.6 Å². The molecule has 130 valence electrons. The molecule has 0 radical (unpaired) electrons. The van der Waals surface area contributed by atoms with E-state index >= 15 is 0 Å². The summed E-state index contributed by atoms with van der Waals surface area (Å²) < 4.78 is 10.4. The first-order valence-corrected chi connectivity index (χ1v) is 8.11. The van der Waals surface area contributed by atoms with Gasteiger partial charge in [-0.1, -0.05) is 16.8 Å². The zero-order valence-electron chi connectivity index (χ0n) is 13.3. The summed E-state index contributed by atoms with van der Waals surface area (Å²) in [6.07, 6.45) is 3.18. The van der Waals surface area contributed by atoms with Crippen molar-refractivity contribution < 1.29 is 14.1 Å². The van der Waals surface area contributed by atoms with Crippen LogP contribution in [0.1, 0.15) is 47.5 Å². The Labute approximate surface area is 143 Å². The predicted octanol–water partition coefficient (Wildman–Crippen LogP) is 1.58. The summed E-state index contributed by atoms with van der Waals surface area (Å²) in [5, 5.41) is 10.5. The molecule has 1 atom stereocenters. The second kappa shape index (κ2) is 7.18. The molecule has 0 spiro atoms. The number of piperidine rings is 1. The number of aromatic amines is 1. The number of carbonyl (C=O) groups is 1. The van der Waals surface area contributed by atoms with Crippen molar-refractivity contribution in [1.29, 1.82) is 0 Å². The largest absolute Gasteiger partial charge is 0.384 e. The molecular formula is C14H19ClN6O3. The fourth-order valence-corrected chi connectivity index (χ4v) is 2.92. The smallest absolute Gasteiger partial charge is 0.274 e. The van der Waals surface area contributed by atoms with Crippen LogP contribution in [-0.2, 0) is 11.2 Å². The monoisotopic (exact) mass is 354 g/mol. The summed E-state index contributed by atoms with van der Waals surface area (Å²) >= 11 is 6.05. The number of hydrogen-bond donors (Lipinski definition) is 2. The molecule has 2 aromatic heterocycles. The zero-order valence-corrected chi connectivity index (χ0v) is 14.0. The maximum Gasteiger partial charge on any atom is 0.274 e. The standard InChI is InChI=1S/C14H19ClN6O3/c1-23-7-5-9-17-13(24-20-9)8-4-2-3-6-21(8)14(22)11-10(15)12(16)19-18-11/h8H,2-7H2,1H3,(H3,16,18,19)/t8-/m1/s1. The quantitative estimate of drug-likeness (QED) is 0.835. The van der Waals surface area contributed by atoms with E-state index in [4.69, 9.17) is 26.6 Å². The van der Waals surface area contributed by atoms with Gasteiger partial charge in [-0.15, -0.1) is 0 Å². The van der Waals surface area contributed by atoms with Crippen LogP contribution < -0.4 is 5.73 Å². The summed E-state index contributed by atoms with van der Waals surface area (Å²) in [6, 6.07) is -0.282. The first-order valence-electron chi connectivity index (χ1n) is 7.73. The fraction of sp³-hybridized carbons (Fsp3) is 0.571. The lowest BCUT2D eigenvalue weighted by atomic mass is 10.0. The van der Waals surface area contributed by atoms with Crippen LogP contribution in [-0.4, -0.2) is 51.4 Å². The van der Waals surface area contributed by atoms with Crippen molar-refractivity contribution in [3.8, 4) is 0 Å². The number of methoxy groups -OCH3 is 1. The van der Waals surface area contributed by atoms with Gasteiger partial charge in [0.05, 0.1) is 6.61 Å². The van der Waals surface area contributed by atoms with Gasteiger partial charge < -0.3 is 19.9 Å². The Morgan fingerprint density at radius 2 is 2.38 bits per heavy atom. The summed E-state index contributed by atoms with van der Waals surface area (Å²) in [6.45, 7) is 1.09. The third kappa shape index (κ3) is 3.22. The highest BCUT2D eigenvalue weighted by Gasteiger charge is 2.34. The van der Waals surface area contributed by atoms with Gasteiger partial charge in [-0.2, -0.15) is 10.1 Å². The Morgan fingerprint density at radius 1 is 1.54 bits per heavy atom. The van der Waals surface area contributed by atoms with Crippen molar-refractivity contribution >= 4 is 23.3 Å². The van der Waals surface area contributed by atoms with Crippen molar-refractivity contribution in [3.05, 3.63) is 22.4 Å². The van der Waals surface area contributed by atoms with Crippen molar-refractivity contribution in [2.24, 2.45) is 0 Å². The molecule has 3 N–H and O–H groups in total. The first kappa shape index (κ1) is 16.7. The number of rotatable bonds is 5. The number of amides is 1. The molecule has 9 nitrogen and oxygen atoms in total. The van der Waals surface area contributed by atoms with Crippen molar-refractivity contribution in [2.45, 2.75) is 31.7 Å². The number of anilines is 1. The van der Waals surface area contributed by atoms with E-state index < -0.39 is 0 Å². The number of likely N-dealkylation sites (tertiary alicyclic amines) is 1. The number of nitrogen functional groups attached to an aromatic ring is 1. The number of ether oxygens (including phenoxy) is 1. The number of nitrogens with zero attached hydrogens (tertiary/aromatic N) is 4. The normalized spacial score (nSPS) is 18.1. The third-order valence-corrected chi connectivity index (χ3v) is 4.39. The highest BCUT2D eigenvalue weighted by atomic mass is 35.5. The molecule has 1 amide bonds. The molecule has 0 aliphatic carbocycles. The number of nitrogens with one attached hydrogen (secondary N) is 1. The second-order valence-corrected chi connectivity index (χ2v) is 5.98. The van der Waals surface area contributed by atoms with Crippen LogP contribution in [0.25, 0.3) is 0 Å². The summed E-state index contributed by atoms with van der Waals surface area (Å²) in [4.78, 5) is 18.9. The lowest BCUT2D eigenvalue weighted by molar-refractivity contribution is 0.0555.